The second-order valence-electron chi connectivity index (χ2n) is 24.2. The first-order chi connectivity index (χ1) is 45.5. The van der Waals surface area contributed by atoms with Gasteiger partial charge in [-0.15, -0.1) is 0 Å². The van der Waals surface area contributed by atoms with Gasteiger partial charge in [-0.2, -0.15) is 4.98 Å². The van der Waals surface area contributed by atoms with Crippen molar-refractivity contribution in [1.82, 2.24) is 62.2 Å². The fraction of sp³-hybridized carbons (Fsp3) is 0.391. The van der Waals surface area contributed by atoms with Crippen LogP contribution in [-0.2, 0) is 47.5 Å². The van der Waals surface area contributed by atoms with Crippen molar-refractivity contribution >= 4 is 44.3 Å². The molecule has 11 rings (SSSR count). The van der Waals surface area contributed by atoms with Gasteiger partial charge in [0, 0.05) is 55.6 Å². The van der Waals surface area contributed by atoms with Crippen LogP contribution in [0.25, 0.3) is 11.2 Å². The quantitative estimate of drug-likeness (QED) is 0.0382. The maximum atomic E-state index is 16.5. The Morgan fingerprint density at radius 1 is 0.589 bits per heavy atom. The van der Waals surface area contributed by atoms with Gasteiger partial charge < -0.3 is 28.0 Å². The zero-order chi connectivity index (χ0) is 67.5. The summed E-state index contributed by atoms with van der Waals surface area (Å²) < 4.78 is 81.5. The second-order valence-corrected chi connectivity index (χ2v) is 29.4. The number of hydrogen-bond donors (Lipinski definition) is 4. The van der Waals surface area contributed by atoms with E-state index >= 15 is 9.13 Å². The Hall–Kier alpha value is -8.41. The highest BCUT2D eigenvalue weighted by Crippen LogP contribution is 2.57. The van der Waals surface area contributed by atoms with Crippen molar-refractivity contribution in [3.8, 4) is 0 Å². The Kier molecular flexibility index (Phi) is 20.4. The number of carbonyl (C=O) groups is 2. The standard InChI is InChI=1S/C64H76N14O15P2/c1-41(2)56(79)67-61-66-55-54(59(82)68-61)65-40-78(55)53-36-75(33-50(93-53)39-90-94(86,71(5)6)74-32-49(37-88-60(83)44-21-13-9-14-22-44)92-52(35-74)77-30-43(4)58(81)70-63(77)85)95(87,72(7)8)89-38-48-31-73(34-51(91-48)76-29-42(3)57(80)69-62(76)84)64(45-23-15-10-16-24-45,46-25-17-11-18-26-46)47-27-19-12-20-28-47/h9-30,40-41,48-53H,31-39H2,1-8H3,(H,69,80,84)(H,70,81,85)(H2,66,67,68,79,82)/t48-,49-,50-,51+,52+,53+,94-,95-/m0/s1. The topological polar surface area (TPSA) is 325 Å². The summed E-state index contributed by atoms with van der Waals surface area (Å²) in [5.41, 5.74) is -1.17. The number of aryl methyl sites for hydroxylation is 2. The van der Waals surface area contributed by atoms with Crippen molar-refractivity contribution in [2.75, 3.05) is 92.6 Å². The van der Waals surface area contributed by atoms with Gasteiger partial charge in [-0.05, 0) is 70.9 Å². The third-order valence-electron chi connectivity index (χ3n) is 16.9. The van der Waals surface area contributed by atoms with E-state index in [1.807, 2.05) is 91.0 Å². The molecule has 0 aliphatic carbocycles. The molecule has 8 atom stereocenters. The maximum absolute atomic E-state index is 16.5. The SMILES string of the molecule is Cc1cn([C@H]2CN(C(c3ccccc3)(c3ccccc3)c3ccccc3)C[C@@H](CO[P@@](=O)(N(C)C)N3C[C@@H](CO[P@@](=O)(N(C)C)N4C[C@@H](COC(=O)c5ccccc5)O[C@@H](n5cc(C)c(=O)[nH]c5=O)C4)O[C@@H](n4cnc5c(=O)[nH]c(NC(=O)C(C)C)nc54)C3)O2)c(=O)[nH]c1=O. The first-order valence-electron chi connectivity index (χ1n) is 30.8. The number of benzene rings is 4. The number of amides is 1. The van der Waals surface area contributed by atoms with Crippen LogP contribution in [0.2, 0.25) is 0 Å². The van der Waals surface area contributed by atoms with Gasteiger partial charge in [-0.1, -0.05) is 123 Å². The van der Waals surface area contributed by atoms with Crippen LogP contribution in [0.1, 0.15) is 70.7 Å². The van der Waals surface area contributed by atoms with Crippen molar-refractivity contribution in [1.29, 1.82) is 0 Å². The summed E-state index contributed by atoms with van der Waals surface area (Å²) in [6.45, 7) is 4.67. The summed E-state index contributed by atoms with van der Waals surface area (Å²) in [6, 6.07) is 38.0. The third-order valence-corrected chi connectivity index (χ3v) is 22.0. The molecule has 502 valence electrons. The number of nitrogens with one attached hydrogen (secondary N) is 4. The highest BCUT2D eigenvalue weighted by atomic mass is 31.2. The zero-order valence-electron chi connectivity index (χ0n) is 53.7. The van der Waals surface area contributed by atoms with Crippen molar-refractivity contribution in [2.45, 2.75) is 70.2 Å². The van der Waals surface area contributed by atoms with Gasteiger partial charge in [-0.25, -0.2) is 38.0 Å². The van der Waals surface area contributed by atoms with Gasteiger partial charge in [0.15, 0.2) is 23.6 Å². The number of imidazole rings is 1. The molecule has 4 aromatic heterocycles. The summed E-state index contributed by atoms with van der Waals surface area (Å²) in [4.78, 5) is 111. The van der Waals surface area contributed by atoms with Gasteiger partial charge >= 0.3 is 32.7 Å². The van der Waals surface area contributed by atoms with Crippen molar-refractivity contribution in [2.24, 2.45) is 5.92 Å². The van der Waals surface area contributed by atoms with Crippen LogP contribution in [0, 0.1) is 19.8 Å². The van der Waals surface area contributed by atoms with Crippen LogP contribution in [0.5, 0.6) is 0 Å². The number of hydrogen-bond acceptors (Lipinski definition) is 18. The van der Waals surface area contributed by atoms with Crippen LogP contribution in [0.4, 0.5) is 5.95 Å². The first kappa shape index (κ1) is 68.0. The van der Waals surface area contributed by atoms with Crippen LogP contribution in [0.15, 0.2) is 164 Å². The number of aromatic amines is 3. The average molecular weight is 1340 g/mol. The zero-order valence-corrected chi connectivity index (χ0v) is 55.5. The predicted octanol–water partition coefficient (Wildman–Crippen LogP) is 5.25. The highest BCUT2D eigenvalue weighted by molar-refractivity contribution is 7.54. The Bertz CT molecular complexity index is 4380. The number of morpholine rings is 3. The molecule has 8 aromatic rings. The van der Waals surface area contributed by atoms with Gasteiger partial charge in [-0.3, -0.25) is 67.2 Å². The molecule has 29 nitrogen and oxygen atoms in total. The van der Waals surface area contributed by atoms with E-state index in [4.69, 9.17) is 28.0 Å². The van der Waals surface area contributed by atoms with E-state index in [-0.39, 0.29) is 86.3 Å². The molecule has 31 heteroatoms. The molecule has 4 N–H and O–H groups in total. The molecular weight excluding hydrogens is 1270 g/mol. The number of aromatic nitrogens is 8. The van der Waals surface area contributed by atoms with Crippen molar-refractivity contribution in [3.63, 3.8) is 0 Å². The maximum Gasteiger partial charge on any atom is 0.345 e. The summed E-state index contributed by atoms with van der Waals surface area (Å²) >= 11 is 0. The van der Waals surface area contributed by atoms with E-state index in [2.05, 4.69) is 35.1 Å². The normalized spacial score (nSPS) is 21.4. The van der Waals surface area contributed by atoms with Gasteiger partial charge in [0.1, 0.15) is 18.9 Å². The van der Waals surface area contributed by atoms with Crippen LogP contribution >= 0.6 is 15.3 Å². The minimum atomic E-state index is -4.35. The average Bonchev–Trinajstić information content (AvgIpc) is 0.938. The predicted molar refractivity (Wildman–Crippen MR) is 351 cm³/mol. The smallest absolute Gasteiger partial charge is 0.345 e. The molecule has 95 heavy (non-hydrogen) atoms. The molecule has 4 aromatic carbocycles. The summed E-state index contributed by atoms with van der Waals surface area (Å²) in [5, 5.41) is 2.64. The lowest BCUT2D eigenvalue weighted by Crippen LogP contribution is -2.58. The van der Waals surface area contributed by atoms with E-state index in [0.29, 0.717) is 0 Å². The molecule has 3 aliphatic rings. The molecule has 3 saturated heterocycles. The Balaban J connectivity index is 0.953. The van der Waals surface area contributed by atoms with E-state index in [1.165, 1.54) is 62.9 Å². The third kappa shape index (κ3) is 14.1. The number of carbonyl (C=O) groups excluding carboxylic acids is 2. The van der Waals surface area contributed by atoms with E-state index < -0.39 is 110 Å². The fourth-order valence-electron chi connectivity index (χ4n) is 12.1. The first-order valence-corrected chi connectivity index (χ1v) is 33.9. The largest absolute Gasteiger partial charge is 0.459 e. The number of rotatable bonds is 22. The van der Waals surface area contributed by atoms with Crippen LogP contribution in [-0.4, -0.2) is 180 Å². The van der Waals surface area contributed by atoms with E-state index in [1.54, 1.807) is 69.9 Å². The van der Waals surface area contributed by atoms with E-state index in [0.717, 1.165) is 21.3 Å². The highest BCUT2D eigenvalue weighted by Gasteiger charge is 2.50. The molecule has 1 amide bonds. The van der Waals surface area contributed by atoms with Crippen molar-refractivity contribution < 1.29 is 46.7 Å². The summed E-state index contributed by atoms with van der Waals surface area (Å²) in [5.74, 6) is -1.75. The van der Waals surface area contributed by atoms with Crippen molar-refractivity contribution in [3.05, 3.63) is 225 Å². The number of anilines is 1. The lowest BCUT2D eigenvalue weighted by atomic mass is 9.75. The van der Waals surface area contributed by atoms with Crippen LogP contribution < -0.4 is 33.4 Å². The number of ether oxygens (including phenoxy) is 4. The Morgan fingerprint density at radius 3 is 1.48 bits per heavy atom. The van der Waals surface area contributed by atoms with Crippen LogP contribution in [0.3, 0.4) is 0 Å². The monoisotopic (exact) mass is 1340 g/mol. The molecular formula is C64H76N14O15P2. The number of esters is 1. The number of H-pyrrole nitrogens is 3. The van der Waals surface area contributed by atoms with E-state index in [9.17, 15) is 33.6 Å². The lowest BCUT2D eigenvalue weighted by molar-refractivity contribution is -0.150. The number of nitrogens with zero attached hydrogens (tertiary/aromatic N) is 10. The summed E-state index contributed by atoms with van der Waals surface area (Å²) in [6.07, 6.45) is -2.50. The Morgan fingerprint density at radius 2 is 1.02 bits per heavy atom. The molecule has 0 spiro atoms. The number of fused-ring (bicyclic) bond motifs is 1. The fourth-order valence-corrected chi connectivity index (χ4v) is 16.1. The second kappa shape index (κ2) is 28.5. The molecule has 0 unspecified atom stereocenters. The Labute approximate surface area is 545 Å². The minimum Gasteiger partial charge on any atom is -0.459 e. The lowest BCUT2D eigenvalue weighted by Gasteiger charge is -2.51. The molecule has 3 aliphatic heterocycles. The molecule has 3 fully saturated rings. The summed E-state index contributed by atoms with van der Waals surface area (Å²) in [7, 11) is -2.42. The van der Waals surface area contributed by atoms with Gasteiger partial charge in [0.25, 0.3) is 16.7 Å². The molecule has 0 bridgehead atoms. The minimum absolute atomic E-state index is 0.0156. The van der Waals surface area contributed by atoms with Gasteiger partial charge in [0.05, 0.1) is 55.9 Å². The molecule has 0 radical (unpaired) electrons. The van der Waals surface area contributed by atoms with Gasteiger partial charge in [0.2, 0.25) is 11.9 Å². The molecule has 0 saturated carbocycles. The molecule has 7 heterocycles.